The first-order chi connectivity index (χ1) is 31.1. The van der Waals surface area contributed by atoms with E-state index in [4.69, 9.17) is 27.9 Å². The number of aromatic nitrogens is 4. The van der Waals surface area contributed by atoms with Crippen LogP contribution in [0.5, 0.6) is 17.2 Å². The monoisotopic (exact) mass is 939 g/mol. The maximum Gasteiger partial charge on any atom is 0.275 e. The number of nitro benzene ring substituents is 3. The number of rotatable bonds is 13. The van der Waals surface area contributed by atoms with E-state index in [0.717, 1.165) is 10.5 Å². The lowest BCUT2D eigenvalue weighted by atomic mass is 10.2. The van der Waals surface area contributed by atoms with Crippen molar-refractivity contribution < 1.29 is 29.7 Å². The molecule has 0 aliphatic rings. The molecule has 8 rings (SSSR count). The van der Waals surface area contributed by atoms with E-state index in [1.165, 1.54) is 76.8 Å². The fourth-order valence-corrected chi connectivity index (χ4v) is 7.95. The highest BCUT2D eigenvalue weighted by atomic mass is 35.5. The van der Waals surface area contributed by atoms with Crippen molar-refractivity contribution in [3.8, 4) is 17.2 Å². The molecule has 8 aromatic rings. The number of non-ortho nitro benzene ring substituents is 3. The van der Waals surface area contributed by atoms with Crippen LogP contribution in [-0.2, 0) is 26.2 Å². The van der Waals surface area contributed by atoms with Crippen LogP contribution >= 0.6 is 35.0 Å². The molecule has 0 atom stereocenters. The van der Waals surface area contributed by atoms with Gasteiger partial charge in [-0.3, -0.25) is 49.3 Å². The minimum atomic E-state index is -0.588. The van der Waals surface area contributed by atoms with Gasteiger partial charge in [0, 0.05) is 52.4 Å². The van der Waals surface area contributed by atoms with Gasteiger partial charge >= 0.3 is 0 Å². The number of nitro groups is 3. The maximum absolute atomic E-state index is 13.3. The van der Waals surface area contributed by atoms with Crippen LogP contribution in [0.1, 0.15) is 22.3 Å². The topological polar surface area (TPSA) is 233 Å². The van der Waals surface area contributed by atoms with Gasteiger partial charge in [-0.2, -0.15) is 0 Å². The molecule has 0 aliphatic heterocycles. The summed E-state index contributed by atoms with van der Waals surface area (Å²) in [5, 5.41) is 55.8. The van der Waals surface area contributed by atoms with Crippen molar-refractivity contribution >= 4 is 73.8 Å². The van der Waals surface area contributed by atoms with Crippen molar-refractivity contribution in [2.75, 3.05) is 13.4 Å². The Balaban J connectivity index is 0.000000194. The lowest BCUT2D eigenvalue weighted by Crippen LogP contribution is -2.24. The molecule has 0 radical (unpaired) electrons. The Hall–Kier alpha value is -7.61. The van der Waals surface area contributed by atoms with Crippen molar-refractivity contribution in [2.24, 2.45) is 0 Å². The van der Waals surface area contributed by atoms with E-state index in [0.29, 0.717) is 49.7 Å². The summed E-state index contributed by atoms with van der Waals surface area (Å²) < 4.78 is 11.4. The van der Waals surface area contributed by atoms with E-state index in [1.807, 2.05) is 30.5 Å². The van der Waals surface area contributed by atoms with Gasteiger partial charge in [0.15, 0.2) is 0 Å². The normalized spacial score (nSPS) is 11.1. The maximum atomic E-state index is 13.3. The van der Waals surface area contributed by atoms with E-state index in [-0.39, 0.29) is 64.9 Å². The van der Waals surface area contributed by atoms with Crippen LogP contribution < -0.4 is 15.9 Å². The SMILES string of the molecule is COc1ccc2c(c1)c(=O)n(Cc1cc([N+](=O)[O-])ccc1O)n2Cc1cccc([N+](=O)[O-])c1.CSc1ccc2c(c1)c(=O)n(Cc1cc([N+](=O)[O-])ccc1O)n2Cc1ccc(Cl)c(Cl)c1. The molecule has 2 N–H and O–H groups in total. The zero-order chi connectivity index (χ0) is 46.7. The summed E-state index contributed by atoms with van der Waals surface area (Å²) >= 11 is 13.7. The summed E-state index contributed by atoms with van der Waals surface area (Å²) in [7, 11) is 1.47. The van der Waals surface area contributed by atoms with Gasteiger partial charge in [-0.25, -0.2) is 9.36 Å². The third-order valence-electron chi connectivity index (χ3n) is 10.4. The van der Waals surface area contributed by atoms with Gasteiger partial charge in [-0.05, 0) is 78.0 Å². The van der Waals surface area contributed by atoms with Crippen molar-refractivity contribution in [1.29, 1.82) is 0 Å². The number of hydrogen-bond acceptors (Lipinski definition) is 12. The second-order valence-electron chi connectivity index (χ2n) is 14.4. The predicted molar refractivity (Wildman–Crippen MR) is 246 cm³/mol. The van der Waals surface area contributed by atoms with Gasteiger partial charge in [-0.1, -0.05) is 41.4 Å². The molecule has 0 saturated carbocycles. The molecule has 0 bridgehead atoms. The van der Waals surface area contributed by atoms with Gasteiger partial charge in [0.1, 0.15) is 17.2 Å². The number of aromatic hydroxyl groups is 2. The highest BCUT2D eigenvalue weighted by molar-refractivity contribution is 7.98. The highest BCUT2D eigenvalue weighted by Crippen LogP contribution is 2.29. The average Bonchev–Trinajstić information content (AvgIpc) is 3.69. The van der Waals surface area contributed by atoms with Crippen molar-refractivity contribution in [2.45, 2.75) is 31.1 Å². The fourth-order valence-electron chi connectivity index (χ4n) is 7.19. The smallest absolute Gasteiger partial charge is 0.275 e. The Bertz CT molecular complexity index is 3310. The van der Waals surface area contributed by atoms with Crippen LogP contribution in [0.3, 0.4) is 0 Å². The molecule has 0 spiro atoms. The number of fused-ring (bicyclic) bond motifs is 2. The van der Waals surface area contributed by atoms with Gasteiger partial charge in [0.2, 0.25) is 0 Å². The van der Waals surface area contributed by atoms with Crippen LogP contribution in [-0.4, -0.2) is 57.1 Å². The lowest BCUT2D eigenvalue weighted by molar-refractivity contribution is -0.385. The predicted octanol–water partition coefficient (Wildman–Crippen LogP) is 8.97. The Labute approximate surface area is 381 Å². The summed E-state index contributed by atoms with van der Waals surface area (Å²) in [6, 6.07) is 29.1. The first-order valence-corrected chi connectivity index (χ1v) is 21.2. The summed E-state index contributed by atoms with van der Waals surface area (Å²) in [6.07, 6.45) is 1.92. The third kappa shape index (κ3) is 9.66. The first-order valence-electron chi connectivity index (χ1n) is 19.2. The summed E-state index contributed by atoms with van der Waals surface area (Å²) in [5.74, 6) is 0.147. The number of benzene rings is 6. The zero-order valence-corrected chi connectivity index (χ0v) is 36.5. The molecule has 2 heterocycles. The average molecular weight is 941 g/mol. The minimum Gasteiger partial charge on any atom is -0.508 e. The zero-order valence-electron chi connectivity index (χ0n) is 34.2. The van der Waals surface area contributed by atoms with E-state index in [2.05, 4.69) is 0 Å². The number of methoxy groups -OCH3 is 1. The molecule has 65 heavy (non-hydrogen) atoms. The second kappa shape index (κ2) is 19.0. The molecule has 18 nitrogen and oxygen atoms in total. The van der Waals surface area contributed by atoms with Crippen LogP contribution in [0, 0.1) is 30.3 Å². The fraction of sp³-hybridized carbons (Fsp3) is 0.136. The van der Waals surface area contributed by atoms with Gasteiger partial charge in [0.25, 0.3) is 28.2 Å². The molecule has 0 amide bonds. The van der Waals surface area contributed by atoms with Gasteiger partial charge in [0.05, 0.1) is 79.9 Å². The Morgan fingerprint density at radius 2 is 1.08 bits per heavy atom. The van der Waals surface area contributed by atoms with Crippen molar-refractivity contribution in [3.63, 3.8) is 0 Å². The first kappa shape index (κ1) is 45.4. The molecule has 2 aromatic heterocycles. The van der Waals surface area contributed by atoms with Crippen LogP contribution in [0.2, 0.25) is 10.0 Å². The minimum absolute atomic E-state index is 0.0447. The molecular weight excluding hydrogens is 905 g/mol. The molecule has 0 saturated heterocycles. The molecule has 0 aliphatic carbocycles. The van der Waals surface area contributed by atoms with E-state index in [1.54, 1.807) is 51.8 Å². The summed E-state index contributed by atoms with van der Waals surface area (Å²) in [4.78, 5) is 59.4. The molecule has 6 aromatic carbocycles. The van der Waals surface area contributed by atoms with Crippen LogP contribution in [0.25, 0.3) is 21.8 Å². The molecule has 0 unspecified atom stereocenters. The number of nitrogens with zero attached hydrogens (tertiary/aromatic N) is 7. The lowest BCUT2D eigenvalue weighted by Gasteiger charge is -2.14. The molecule has 332 valence electrons. The number of phenolic OH excluding ortho intramolecular Hbond substituents is 2. The molecule has 21 heteroatoms. The Morgan fingerprint density at radius 3 is 1.58 bits per heavy atom. The Morgan fingerprint density at radius 1 is 0.569 bits per heavy atom. The molecule has 0 fully saturated rings. The number of phenols is 2. The number of ether oxygens (including phenoxy) is 1. The van der Waals surface area contributed by atoms with Crippen molar-refractivity contribution in [1.82, 2.24) is 18.7 Å². The van der Waals surface area contributed by atoms with Crippen LogP contribution in [0.4, 0.5) is 17.1 Å². The highest BCUT2D eigenvalue weighted by Gasteiger charge is 2.21. The van der Waals surface area contributed by atoms with E-state index in [9.17, 15) is 50.1 Å². The molecular formula is C44H35Cl2N7O11S. The van der Waals surface area contributed by atoms with E-state index < -0.39 is 20.3 Å². The van der Waals surface area contributed by atoms with E-state index >= 15 is 0 Å². The number of halogens is 2. The number of hydrogen-bond donors (Lipinski definition) is 2. The van der Waals surface area contributed by atoms with Gasteiger partial charge < -0.3 is 14.9 Å². The Kier molecular flexibility index (Phi) is 13.3. The van der Waals surface area contributed by atoms with Crippen LogP contribution in [0.15, 0.2) is 130 Å². The quantitative estimate of drug-likeness (QED) is 0.0626. The summed E-state index contributed by atoms with van der Waals surface area (Å²) in [6.45, 7) is 0.224. The third-order valence-corrected chi connectivity index (χ3v) is 11.9. The summed E-state index contributed by atoms with van der Waals surface area (Å²) in [5.41, 5.74) is 1.95. The largest absolute Gasteiger partial charge is 0.508 e. The second-order valence-corrected chi connectivity index (χ2v) is 16.1. The number of thioether (sulfide) groups is 1. The van der Waals surface area contributed by atoms with Crippen molar-refractivity contribution in [3.05, 3.63) is 199 Å². The standard InChI is InChI=1S/C22H17Cl2N3O4S.C22H18N4O7/c1-32-16-4-6-20-17(10-16)22(29)26(12-14-9-15(27(30)31)3-7-21(14)28)25(20)11-13-2-5-18(23)19(24)8-13;1-33-18-6-7-20-19(11-18)22(28)24(13-15-10-17(26(31)32)5-8-21(15)27)23(20)12-14-3-2-4-16(9-14)25(29)30/h2-10,28H,11-12H2,1H3;2-11,27H,12-13H2,1H3. The van der Waals surface area contributed by atoms with Gasteiger partial charge in [-0.15, -0.1) is 11.8 Å².